The normalized spacial score (nSPS) is 11.9. The van der Waals surface area contributed by atoms with Crippen molar-refractivity contribution in [2.45, 2.75) is 129 Å². The standard InChI is InChI=1S/2C14H28O4Si.Pt/c2*1-7-9-12(15)14(13(16)10-8-2)19(17-5,18-6)11(3)4;/h2*11,14H,7-10H2,1-6H3;/q;;+2. The second-order valence-corrected chi connectivity index (χ2v) is 18.3. The van der Waals surface area contributed by atoms with Gasteiger partial charge in [0.15, 0.2) is 0 Å². The molecule has 0 N–H and O–H groups in total. The summed E-state index contributed by atoms with van der Waals surface area (Å²) in [7, 11) is 0.527. The Morgan fingerprint density at radius 2 is 0.667 bits per heavy atom. The molecule has 0 aromatic rings. The van der Waals surface area contributed by atoms with Crippen LogP contribution < -0.4 is 0 Å². The third-order valence-corrected chi connectivity index (χ3v) is 15.6. The van der Waals surface area contributed by atoms with E-state index in [1.54, 1.807) is 28.4 Å². The Balaban J connectivity index is -0.000000648. The minimum atomic E-state index is -2.85. The van der Waals surface area contributed by atoms with Crippen molar-refractivity contribution in [3.05, 3.63) is 0 Å². The number of carbonyl (C=O) groups is 4. The molecule has 232 valence electrons. The van der Waals surface area contributed by atoms with Crippen molar-refractivity contribution >= 4 is 40.3 Å². The molecule has 0 fully saturated rings. The van der Waals surface area contributed by atoms with Gasteiger partial charge >= 0.3 is 38.2 Å². The number of carbonyl (C=O) groups excluding carboxylic acids is 4. The van der Waals surface area contributed by atoms with E-state index in [-0.39, 0.29) is 55.3 Å². The Morgan fingerprint density at radius 3 is 0.769 bits per heavy atom. The van der Waals surface area contributed by atoms with Crippen LogP contribution in [0, 0.1) is 0 Å². The summed E-state index contributed by atoms with van der Waals surface area (Å²) in [6, 6.07) is 0. The van der Waals surface area contributed by atoms with Crippen LogP contribution in [0.4, 0.5) is 0 Å². The van der Waals surface area contributed by atoms with Crippen LogP contribution in [0.3, 0.4) is 0 Å². The molecule has 8 nitrogen and oxygen atoms in total. The van der Waals surface area contributed by atoms with E-state index in [4.69, 9.17) is 17.7 Å². The summed E-state index contributed by atoms with van der Waals surface area (Å²) in [5.74, 6) is -0.0925. The van der Waals surface area contributed by atoms with Gasteiger partial charge in [0, 0.05) is 54.1 Å². The van der Waals surface area contributed by atoms with E-state index in [9.17, 15) is 19.2 Å². The molecule has 0 aromatic heterocycles. The fourth-order valence-electron chi connectivity index (χ4n) is 5.07. The number of Topliss-reactive ketones (excluding diaryl/α,β-unsaturated/α-hetero) is 4. The molecule has 0 rings (SSSR count). The van der Waals surface area contributed by atoms with Crippen molar-refractivity contribution in [3.8, 4) is 0 Å². The van der Waals surface area contributed by atoms with E-state index in [1.807, 2.05) is 55.4 Å². The van der Waals surface area contributed by atoms with Gasteiger partial charge in [0.2, 0.25) is 0 Å². The van der Waals surface area contributed by atoms with Crippen molar-refractivity contribution in [3.63, 3.8) is 0 Å². The molecule has 0 aliphatic heterocycles. The van der Waals surface area contributed by atoms with Gasteiger partial charge in [-0.05, 0) is 36.8 Å². The van der Waals surface area contributed by atoms with Crippen molar-refractivity contribution in [2.24, 2.45) is 0 Å². The fourth-order valence-corrected chi connectivity index (χ4v) is 11.9. The summed E-state index contributed by atoms with van der Waals surface area (Å²) in [4.78, 5) is 49.5. The predicted molar refractivity (Wildman–Crippen MR) is 157 cm³/mol. The molecule has 0 aliphatic carbocycles. The molecule has 0 saturated carbocycles. The second-order valence-electron chi connectivity index (χ2n) is 10.3. The molecule has 0 spiro atoms. The van der Waals surface area contributed by atoms with Gasteiger partial charge in [-0.3, -0.25) is 19.2 Å². The Labute approximate surface area is 254 Å². The van der Waals surface area contributed by atoms with Crippen LogP contribution in [0.1, 0.15) is 107 Å². The van der Waals surface area contributed by atoms with Gasteiger partial charge in [-0.1, -0.05) is 55.4 Å². The zero-order valence-electron chi connectivity index (χ0n) is 26.5. The summed E-state index contributed by atoms with van der Waals surface area (Å²) < 4.78 is 22.5. The van der Waals surface area contributed by atoms with Crippen molar-refractivity contribution in [1.29, 1.82) is 0 Å². The van der Waals surface area contributed by atoms with Gasteiger partial charge in [-0.2, -0.15) is 0 Å². The molecule has 0 unspecified atom stereocenters. The summed E-state index contributed by atoms with van der Waals surface area (Å²) in [5, 5.41) is 0. The predicted octanol–water partition coefficient (Wildman–Crippen LogP) is 6.48. The molecule has 0 heterocycles. The molecule has 0 aliphatic rings. The zero-order chi connectivity index (χ0) is 30.1. The topological polar surface area (TPSA) is 105 Å². The molecule has 0 aromatic carbocycles. The number of ketones is 4. The minimum Gasteiger partial charge on any atom is -0.397 e. The van der Waals surface area contributed by atoms with E-state index in [0.29, 0.717) is 25.7 Å². The van der Waals surface area contributed by atoms with Gasteiger partial charge in [0.25, 0.3) is 0 Å². The molecule has 0 atom stereocenters. The zero-order valence-corrected chi connectivity index (χ0v) is 30.8. The van der Waals surface area contributed by atoms with E-state index in [1.165, 1.54) is 0 Å². The van der Waals surface area contributed by atoms with Crippen molar-refractivity contribution in [2.75, 3.05) is 28.4 Å². The summed E-state index contributed by atoms with van der Waals surface area (Å²) in [6.45, 7) is 15.6. The van der Waals surface area contributed by atoms with Crippen LogP contribution >= 0.6 is 0 Å². The summed E-state index contributed by atoms with van der Waals surface area (Å²) in [6.07, 6.45) is 4.61. The van der Waals surface area contributed by atoms with E-state index in [2.05, 4.69) is 0 Å². The van der Waals surface area contributed by atoms with Crippen molar-refractivity contribution < 1.29 is 57.9 Å². The maximum absolute atomic E-state index is 12.4. The van der Waals surface area contributed by atoms with Gasteiger partial charge < -0.3 is 17.7 Å². The molecule has 11 heteroatoms. The Kier molecular flexibility index (Phi) is 24.6. The van der Waals surface area contributed by atoms with Crippen LogP contribution in [-0.2, 0) is 57.9 Å². The first-order valence-electron chi connectivity index (χ1n) is 14.1. The van der Waals surface area contributed by atoms with E-state index < -0.39 is 28.2 Å². The Hall–Kier alpha value is -0.358. The minimum absolute atomic E-state index is 0. The van der Waals surface area contributed by atoms with Gasteiger partial charge in [-0.25, -0.2) is 0 Å². The molecule has 0 radical (unpaired) electrons. The third-order valence-electron chi connectivity index (χ3n) is 6.96. The monoisotopic (exact) mass is 771 g/mol. The molecular formula is C28H56O8PtSi2+2. The quantitative estimate of drug-likeness (QED) is 0.102. The van der Waals surface area contributed by atoms with Gasteiger partial charge in [-0.15, -0.1) is 0 Å². The molecular weight excluding hydrogens is 716 g/mol. The van der Waals surface area contributed by atoms with Crippen LogP contribution in [-0.4, -0.2) is 68.7 Å². The summed E-state index contributed by atoms with van der Waals surface area (Å²) in [5.41, 5.74) is -1.28. The molecule has 0 saturated heterocycles. The van der Waals surface area contributed by atoms with Gasteiger partial charge in [0.05, 0.1) is 0 Å². The molecule has 0 bridgehead atoms. The fraction of sp³-hybridized carbons (Fsp3) is 0.857. The van der Waals surface area contributed by atoms with Crippen LogP contribution in [0.5, 0.6) is 0 Å². The van der Waals surface area contributed by atoms with Crippen LogP contribution in [0.15, 0.2) is 0 Å². The van der Waals surface area contributed by atoms with Crippen LogP contribution in [0.2, 0.25) is 22.2 Å². The first-order chi connectivity index (χ1) is 17.8. The second kappa shape index (κ2) is 22.3. The summed E-state index contributed by atoms with van der Waals surface area (Å²) >= 11 is 0. The largest absolute Gasteiger partial charge is 2.00 e. The average molecular weight is 772 g/mol. The number of hydrogen-bond donors (Lipinski definition) is 0. The number of rotatable bonds is 20. The number of hydrogen-bond acceptors (Lipinski definition) is 8. The Morgan fingerprint density at radius 1 is 0.487 bits per heavy atom. The van der Waals surface area contributed by atoms with Crippen LogP contribution in [0.25, 0.3) is 0 Å². The first-order valence-corrected chi connectivity index (χ1v) is 18.1. The Bertz CT molecular complexity index is 626. The third kappa shape index (κ3) is 11.8. The molecule has 39 heavy (non-hydrogen) atoms. The smallest absolute Gasteiger partial charge is 0.397 e. The van der Waals surface area contributed by atoms with Crippen molar-refractivity contribution in [1.82, 2.24) is 0 Å². The first kappa shape index (κ1) is 43.1. The van der Waals surface area contributed by atoms with E-state index in [0.717, 1.165) is 25.7 Å². The van der Waals surface area contributed by atoms with E-state index >= 15 is 0 Å². The average Bonchev–Trinajstić information content (AvgIpc) is 2.86. The SMILES string of the molecule is CCCC(=O)C(C(=O)CCC)[Si](OC)(OC)C(C)C.CCCC(=O)C(C(=O)CCC)[Si](OC)(OC)C(C)C.[Pt+2]. The maximum atomic E-state index is 12.4. The van der Waals surface area contributed by atoms with Gasteiger partial charge in [0.1, 0.15) is 34.2 Å². The maximum Gasteiger partial charge on any atom is 2.00 e. The molecule has 0 amide bonds.